The molecular formula is C14H19NO3. The summed E-state index contributed by atoms with van der Waals surface area (Å²) in [6, 6.07) is 9.97. The largest absolute Gasteiger partial charge is 0.438 e. The molecule has 2 atom stereocenters. The second kappa shape index (κ2) is 4.28. The van der Waals surface area contributed by atoms with Crippen LogP contribution < -0.4 is 0 Å². The third-order valence-electron chi connectivity index (χ3n) is 3.97. The lowest BCUT2D eigenvalue weighted by Gasteiger charge is -2.36. The second-order valence-electron chi connectivity index (χ2n) is 5.16. The lowest BCUT2D eigenvalue weighted by atomic mass is 9.87. The van der Waals surface area contributed by atoms with E-state index in [1.807, 2.05) is 30.3 Å². The third kappa shape index (κ3) is 1.97. The van der Waals surface area contributed by atoms with E-state index >= 15 is 0 Å². The molecule has 98 valence electrons. The van der Waals surface area contributed by atoms with Crippen molar-refractivity contribution in [2.24, 2.45) is 0 Å². The first-order valence-corrected chi connectivity index (χ1v) is 6.10. The van der Waals surface area contributed by atoms with Gasteiger partial charge in [-0.1, -0.05) is 30.3 Å². The maximum absolute atomic E-state index is 11.6. The van der Waals surface area contributed by atoms with Gasteiger partial charge in [-0.2, -0.15) is 0 Å². The van der Waals surface area contributed by atoms with Crippen molar-refractivity contribution in [2.45, 2.75) is 38.0 Å². The first-order valence-electron chi connectivity index (χ1n) is 6.10. The smallest absolute Gasteiger partial charge is 0.412 e. The molecule has 0 bridgehead atoms. The summed E-state index contributed by atoms with van der Waals surface area (Å²) in [7, 11) is 1.55. The highest BCUT2D eigenvalue weighted by molar-refractivity contribution is 5.71. The number of likely N-dealkylation sites (N-methyl/N-ethyl adjacent to an activating group) is 1. The number of benzene rings is 1. The van der Waals surface area contributed by atoms with Gasteiger partial charge >= 0.3 is 6.09 Å². The van der Waals surface area contributed by atoms with Crippen LogP contribution in [0.5, 0.6) is 0 Å². The molecule has 1 fully saturated rings. The second-order valence-corrected chi connectivity index (χ2v) is 5.16. The molecule has 1 saturated heterocycles. The molecular weight excluding hydrogens is 230 g/mol. The van der Waals surface area contributed by atoms with Crippen molar-refractivity contribution in [1.29, 1.82) is 0 Å². The number of ether oxygens (including phenoxy) is 1. The lowest BCUT2D eigenvalue weighted by Crippen LogP contribution is -2.53. The minimum atomic E-state index is -1.28. The molecule has 4 heteroatoms. The fraction of sp³-hybridized carbons (Fsp3) is 0.500. The van der Waals surface area contributed by atoms with E-state index in [2.05, 4.69) is 0 Å². The number of aryl methyl sites for hydroxylation is 1. The minimum Gasteiger partial charge on any atom is -0.438 e. The van der Waals surface area contributed by atoms with E-state index in [1.165, 1.54) is 10.5 Å². The van der Waals surface area contributed by atoms with Gasteiger partial charge in [0.1, 0.15) is 0 Å². The predicted octanol–water partition coefficient (Wildman–Crippen LogP) is 2.17. The molecule has 2 rings (SSSR count). The Bertz CT molecular complexity index is 444. The van der Waals surface area contributed by atoms with Gasteiger partial charge in [0.2, 0.25) is 0 Å². The van der Waals surface area contributed by atoms with Gasteiger partial charge in [0, 0.05) is 7.05 Å². The molecule has 0 spiro atoms. The van der Waals surface area contributed by atoms with Crippen LogP contribution in [0.2, 0.25) is 0 Å². The minimum absolute atomic E-state index is 0.476. The van der Waals surface area contributed by atoms with E-state index < -0.39 is 17.4 Å². The van der Waals surface area contributed by atoms with Gasteiger partial charge in [0.15, 0.2) is 11.3 Å². The van der Waals surface area contributed by atoms with E-state index in [0.717, 1.165) is 6.42 Å². The van der Waals surface area contributed by atoms with Crippen LogP contribution in [-0.4, -0.2) is 34.5 Å². The molecule has 1 aliphatic heterocycles. The Morgan fingerprint density at radius 2 is 1.89 bits per heavy atom. The quantitative estimate of drug-likeness (QED) is 0.893. The molecule has 1 amide bonds. The molecule has 0 radical (unpaired) electrons. The van der Waals surface area contributed by atoms with Crippen molar-refractivity contribution in [3.8, 4) is 0 Å². The highest BCUT2D eigenvalue weighted by Gasteiger charge is 2.57. The van der Waals surface area contributed by atoms with Crippen molar-refractivity contribution in [2.75, 3.05) is 7.05 Å². The first kappa shape index (κ1) is 12.9. The van der Waals surface area contributed by atoms with Crippen LogP contribution >= 0.6 is 0 Å². The molecule has 0 aromatic heterocycles. The molecule has 18 heavy (non-hydrogen) atoms. The zero-order valence-corrected chi connectivity index (χ0v) is 11.0. The number of cyclic esters (lactones) is 1. The summed E-state index contributed by atoms with van der Waals surface area (Å²) >= 11 is 0. The van der Waals surface area contributed by atoms with Crippen LogP contribution in [-0.2, 0) is 11.2 Å². The number of hydrogen-bond donors (Lipinski definition) is 1. The summed E-state index contributed by atoms with van der Waals surface area (Å²) in [4.78, 5) is 12.8. The van der Waals surface area contributed by atoms with Gasteiger partial charge < -0.3 is 9.84 Å². The van der Waals surface area contributed by atoms with Crippen LogP contribution in [0, 0.1) is 0 Å². The Kier molecular flexibility index (Phi) is 3.07. The van der Waals surface area contributed by atoms with E-state index in [0.29, 0.717) is 6.42 Å². The van der Waals surface area contributed by atoms with Crippen LogP contribution in [0.25, 0.3) is 0 Å². The molecule has 0 aliphatic carbocycles. The zero-order chi connectivity index (χ0) is 13.4. The average Bonchev–Trinajstić information content (AvgIpc) is 2.50. The van der Waals surface area contributed by atoms with E-state index in [9.17, 15) is 9.90 Å². The van der Waals surface area contributed by atoms with Crippen molar-refractivity contribution in [1.82, 2.24) is 4.90 Å². The van der Waals surface area contributed by atoms with Crippen LogP contribution in [0.15, 0.2) is 30.3 Å². The molecule has 1 N–H and O–H groups in total. The van der Waals surface area contributed by atoms with Crippen LogP contribution in [0.3, 0.4) is 0 Å². The number of aliphatic hydroxyl groups is 1. The number of carbonyl (C=O) groups is 1. The lowest BCUT2D eigenvalue weighted by molar-refractivity contribution is -0.133. The van der Waals surface area contributed by atoms with Crippen molar-refractivity contribution in [3.05, 3.63) is 35.9 Å². The molecule has 4 nitrogen and oxygen atoms in total. The van der Waals surface area contributed by atoms with Crippen molar-refractivity contribution in [3.63, 3.8) is 0 Å². The predicted molar refractivity (Wildman–Crippen MR) is 68.0 cm³/mol. The molecule has 1 aromatic rings. The average molecular weight is 249 g/mol. The van der Waals surface area contributed by atoms with Crippen molar-refractivity contribution < 1.29 is 14.6 Å². The summed E-state index contributed by atoms with van der Waals surface area (Å²) in [6.45, 7) is 3.39. The maximum atomic E-state index is 11.6. The van der Waals surface area contributed by atoms with Gasteiger partial charge in [-0.25, -0.2) is 4.79 Å². The number of rotatable bonds is 3. The molecule has 1 aliphatic rings. The van der Waals surface area contributed by atoms with Gasteiger partial charge in [-0.3, -0.25) is 4.90 Å². The van der Waals surface area contributed by atoms with Crippen molar-refractivity contribution >= 4 is 6.09 Å². The van der Waals surface area contributed by atoms with Gasteiger partial charge in [-0.05, 0) is 32.3 Å². The summed E-state index contributed by atoms with van der Waals surface area (Å²) in [5.41, 5.74) is -0.992. The Hall–Kier alpha value is -1.55. The Morgan fingerprint density at radius 3 is 2.39 bits per heavy atom. The highest BCUT2D eigenvalue weighted by Crippen LogP contribution is 2.39. The highest BCUT2D eigenvalue weighted by atomic mass is 16.6. The Labute approximate surface area is 107 Å². The summed E-state index contributed by atoms with van der Waals surface area (Å²) in [5.74, 6) is 0. The number of carbonyl (C=O) groups excluding carboxylic acids is 1. The number of hydrogen-bond acceptors (Lipinski definition) is 3. The maximum Gasteiger partial charge on any atom is 0.412 e. The first-order chi connectivity index (χ1) is 8.37. The van der Waals surface area contributed by atoms with Gasteiger partial charge in [-0.15, -0.1) is 0 Å². The zero-order valence-electron chi connectivity index (χ0n) is 11.0. The standard InChI is InChI=1S/C14H19NO3/c1-13(10-9-11-7-5-4-6-8-11)14(2,17)15(3)12(16)18-13/h4-8,17H,9-10H2,1-3H3/t13-,14-/m1/s1. The number of nitrogens with zero attached hydrogens (tertiary/aromatic N) is 1. The fourth-order valence-electron chi connectivity index (χ4n) is 2.21. The molecule has 1 aromatic carbocycles. The molecule has 0 unspecified atom stereocenters. The van der Waals surface area contributed by atoms with Crippen LogP contribution in [0.1, 0.15) is 25.8 Å². The van der Waals surface area contributed by atoms with Gasteiger partial charge in [0.05, 0.1) is 0 Å². The fourth-order valence-corrected chi connectivity index (χ4v) is 2.21. The topological polar surface area (TPSA) is 49.8 Å². The molecule has 1 heterocycles. The summed E-state index contributed by atoms with van der Waals surface area (Å²) in [6.07, 6.45) is 0.866. The third-order valence-corrected chi connectivity index (χ3v) is 3.97. The SMILES string of the molecule is CN1C(=O)O[C@](C)(CCc2ccccc2)[C@@]1(C)O. The van der Waals surface area contributed by atoms with E-state index in [-0.39, 0.29) is 0 Å². The van der Waals surface area contributed by atoms with E-state index in [1.54, 1.807) is 20.9 Å². The Morgan fingerprint density at radius 1 is 1.28 bits per heavy atom. The molecule has 0 saturated carbocycles. The normalized spacial score (nSPS) is 31.6. The number of amides is 1. The van der Waals surface area contributed by atoms with Crippen LogP contribution in [0.4, 0.5) is 4.79 Å². The summed E-state index contributed by atoms with van der Waals surface area (Å²) in [5, 5.41) is 10.4. The van der Waals surface area contributed by atoms with Gasteiger partial charge in [0.25, 0.3) is 0 Å². The monoisotopic (exact) mass is 249 g/mol. The Balaban J connectivity index is 2.11. The van der Waals surface area contributed by atoms with E-state index in [4.69, 9.17) is 4.74 Å². The summed E-state index contributed by atoms with van der Waals surface area (Å²) < 4.78 is 5.34.